The highest BCUT2D eigenvalue weighted by Crippen LogP contribution is 2.33. The van der Waals surface area contributed by atoms with Crippen LogP contribution in [-0.2, 0) is 22.2 Å². The van der Waals surface area contributed by atoms with Crippen molar-refractivity contribution < 1.29 is 4.74 Å². The Balaban J connectivity index is 2.15. The third kappa shape index (κ3) is 4.23. The van der Waals surface area contributed by atoms with Gasteiger partial charge >= 0.3 is 0 Å². The number of aryl methyl sites for hydroxylation is 1. The molecule has 1 heteroatoms. The number of rotatable bonds is 7. The highest BCUT2D eigenvalue weighted by atomic mass is 16.5. The van der Waals surface area contributed by atoms with E-state index in [4.69, 9.17) is 4.74 Å². The summed E-state index contributed by atoms with van der Waals surface area (Å²) in [6.45, 7) is 8.90. The first-order valence-electron chi connectivity index (χ1n) is 8.61. The molecule has 1 atom stereocenters. The summed E-state index contributed by atoms with van der Waals surface area (Å²) in [6.07, 6.45) is 3.40. The maximum absolute atomic E-state index is 5.61. The average molecular weight is 310 g/mol. The van der Waals surface area contributed by atoms with Crippen LogP contribution in [0.5, 0.6) is 0 Å². The predicted molar refractivity (Wildman–Crippen MR) is 98.9 cm³/mol. The summed E-state index contributed by atoms with van der Waals surface area (Å²) in [4.78, 5) is 0. The average Bonchev–Trinajstić information content (AvgIpc) is 2.60. The molecule has 124 valence electrons. The molecule has 0 aliphatic heterocycles. The molecule has 2 aromatic rings. The molecule has 0 radical (unpaired) electrons. The van der Waals surface area contributed by atoms with Gasteiger partial charge in [0.1, 0.15) is 0 Å². The van der Waals surface area contributed by atoms with E-state index in [2.05, 4.69) is 82.3 Å². The molecule has 0 saturated carbocycles. The molecule has 0 bridgehead atoms. The number of hydrogen-bond acceptors (Lipinski definition) is 1. The SMILES string of the molecule is CCC(C)(CCc1cccc(C(C)(C)OC)c1)c1ccccc1. The lowest BCUT2D eigenvalue weighted by molar-refractivity contribution is 0.0191. The molecule has 0 heterocycles. The number of methoxy groups -OCH3 is 1. The molecule has 1 unspecified atom stereocenters. The van der Waals surface area contributed by atoms with Crippen molar-refractivity contribution in [2.24, 2.45) is 0 Å². The summed E-state index contributed by atoms with van der Waals surface area (Å²) in [7, 11) is 1.77. The lowest BCUT2D eigenvalue weighted by atomic mass is 9.75. The maximum Gasteiger partial charge on any atom is 0.0871 e. The topological polar surface area (TPSA) is 9.23 Å². The zero-order valence-electron chi connectivity index (χ0n) is 15.2. The Labute approximate surface area is 141 Å². The van der Waals surface area contributed by atoms with Crippen LogP contribution in [0.1, 0.15) is 57.2 Å². The molecule has 2 aromatic carbocycles. The molecular weight excluding hydrogens is 280 g/mol. The van der Waals surface area contributed by atoms with Crippen LogP contribution >= 0.6 is 0 Å². The summed E-state index contributed by atoms with van der Waals surface area (Å²) in [6, 6.07) is 19.7. The van der Waals surface area contributed by atoms with E-state index in [0.717, 1.165) is 19.3 Å². The Kier molecular flexibility index (Phi) is 5.64. The van der Waals surface area contributed by atoms with Gasteiger partial charge in [0.2, 0.25) is 0 Å². The van der Waals surface area contributed by atoms with E-state index in [1.165, 1.54) is 16.7 Å². The zero-order chi connectivity index (χ0) is 16.9. The van der Waals surface area contributed by atoms with Crippen LogP contribution < -0.4 is 0 Å². The Morgan fingerprint density at radius 3 is 2.13 bits per heavy atom. The fourth-order valence-corrected chi connectivity index (χ4v) is 3.01. The Morgan fingerprint density at radius 1 is 0.870 bits per heavy atom. The monoisotopic (exact) mass is 310 g/mol. The van der Waals surface area contributed by atoms with Crippen molar-refractivity contribution >= 4 is 0 Å². The minimum Gasteiger partial charge on any atom is -0.374 e. The largest absolute Gasteiger partial charge is 0.374 e. The summed E-state index contributed by atoms with van der Waals surface area (Å²) < 4.78 is 5.61. The first kappa shape index (κ1) is 17.7. The smallest absolute Gasteiger partial charge is 0.0871 e. The standard InChI is InChI=1S/C22H30O/c1-6-22(4,19-12-8-7-9-13-19)16-15-18-11-10-14-20(17-18)21(2,3)23-5/h7-14,17H,6,15-16H2,1-5H3. The Hall–Kier alpha value is -1.60. The van der Waals surface area contributed by atoms with E-state index >= 15 is 0 Å². The quantitative estimate of drug-likeness (QED) is 0.621. The van der Waals surface area contributed by atoms with Gasteiger partial charge in [0.15, 0.2) is 0 Å². The second kappa shape index (κ2) is 7.31. The van der Waals surface area contributed by atoms with E-state index in [0.29, 0.717) is 0 Å². The normalized spacial score (nSPS) is 14.5. The summed E-state index contributed by atoms with van der Waals surface area (Å²) >= 11 is 0. The van der Waals surface area contributed by atoms with Crippen molar-refractivity contribution in [2.45, 2.75) is 58.0 Å². The molecule has 0 N–H and O–H groups in total. The van der Waals surface area contributed by atoms with Crippen molar-refractivity contribution in [2.75, 3.05) is 7.11 Å². The van der Waals surface area contributed by atoms with Crippen LogP contribution in [0.25, 0.3) is 0 Å². The molecule has 0 amide bonds. The van der Waals surface area contributed by atoms with E-state index in [1.54, 1.807) is 7.11 Å². The first-order chi connectivity index (χ1) is 10.9. The van der Waals surface area contributed by atoms with Gasteiger partial charge in [-0.25, -0.2) is 0 Å². The van der Waals surface area contributed by atoms with Crippen LogP contribution in [0.15, 0.2) is 54.6 Å². The van der Waals surface area contributed by atoms with Gasteiger partial charge in [-0.15, -0.1) is 0 Å². The molecule has 0 aliphatic carbocycles. The van der Waals surface area contributed by atoms with Gasteiger partial charge in [0.25, 0.3) is 0 Å². The van der Waals surface area contributed by atoms with Gasteiger partial charge < -0.3 is 4.74 Å². The molecule has 0 saturated heterocycles. The Bertz CT molecular complexity index is 615. The van der Waals surface area contributed by atoms with E-state index in [-0.39, 0.29) is 11.0 Å². The van der Waals surface area contributed by atoms with Crippen LogP contribution in [0.4, 0.5) is 0 Å². The van der Waals surface area contributed by atoms with Gasteiger partial charge in [-0.3, -0.25) is 0 Å². The molecule has 0 aliphatic rings. The van der Waals surface area contributed by atoms with Crippen molar-refractivity contribution in [3.05, 3.63) is 71.3 Å². The van der Waals surface area contributed by atoms with Crippen LogP contribution in [0, 0.1) is 0 Å². The Morgan fingerprint density at radius 2 is 1.52 bits per heavy atom. The molecular formula is C22H30O. The van der Waals surface area contributed by atoms with Crippen molar-refractivity contribution in [1.29, 1.82) is 0 Å². The van der Waals surface area contributed by atoms with Gasteiger partial charge in [-0.2, -0.15) is 0 Å². The van der Waals surface area contributed by atoms with E-state index < -0.39 is 0 Å². The molecule has 2 rings (SSSR count). The van der Waals surface area contributed by atoms with Crippen molar-refractivity contribution in [3.63, 3.8) is 0 Å². The molecule has 23 heavy (non-hydrogen) atoms. The lowest BCUT2D eigenvalue weighted by Gasteiger charge is -2.29. The summed E-state index contributed by atoms with van der Waals surface area (Å²) in [5.74, 6) is 0. The lowest BCUT2D eigenvalue weighted by Crippen LogP contribution is -2.22. The van der Waals surface area contributed by atoms with Crippen LogP contribution in [-0.4, -0.2) is 7.11 Å². The minimum absolute atomic E-state index is 0.230. The molecule has 0 fully saturated rings. The first-order valence-corrected chi connectivity index (χ1v) is 8.61. The third-order valence-electron chi connectivity index (χ3n) is 5.35. The van der Waals surface area contributed by atoms with Crippen LogP contribution in [0.3, 0.4) is 0 Å². The number of ether oxygens (including phenoxy) is 1. The van der Waals surface area contributed by atoms with Gasteiger partial charge in [0.05, 0.1) is 5.60 Å². The highest BCUT2D eigenvalue weighted by molar-refractivity contribution is 5.29. The second-order valence-electron chi connectivity index (χ2n) is 7.20. The zero-order valence-corrected chi connectivity index (χ0v) is 15.2. The van der Waals surface area contributed by atoms with E-state index in [1.807, 2.05) is 0 Å². The summed E-state index contributed by atoms with van der Waals surface area (Å²) in [5, 5.41) is 0. The van der Waals surface area contributed by atoms with Gasteiger partial charge in [-0.05, 0) is 55.2 Å². The van der Waals surface area contributed by atoms with Gasteiger partial charge in [-0.1, -0.05) is 68.4 Å². The van der Waals surface area contributed by atoms with Crippen molar-refractivity contribution in [1.82, 2.24) is 0 Å². The van der Waals surface area contributed by atoms with Crippen molar-refractivity contribution in [3.8, 4) is 0 Å². The molecule has 1 nitrogen and oxygen atoms in total. The summed E-state index contributed by atoms with van der Waals surface area (Å²) in [5.41, 5.74) is 4.08. The second-order valence-corrected chi connectivity index (χ2v) is 7.20. The fraction of sp³-hybridized carbons (Fsp3) is 0.455. The minimum atomic E-state index is -0.233. The van der Waals surface area contributed by atoms with E-state index in [9.17, 15) is 0 Å². The third-order valence-corrected chi connectivity index (χ3v) is 5.35. The molecule has 0 aromatic heterocycles. The molecule has 0 spiro atoms. The predicted octanol–water partition coefficient (Wildman–Crippen LogP) is 5.87. The number of hydrogen-bond donors (Lipinski definition) is 0. The number of benzene rings is 2. The van der Waals surface area contributed by atoms with Gasteiger partial charge in [0, 0.05) is 7.11 Å². The highest BCUT2D eigenvalue weighted by Gasteiger charge is 2.24. The fourth-order valence-electron chi connectivity index (χ4n) is 3.01. The van der Waals surface area contributed by atoms with Crippen LogP contribution in [0.2, 0.25) is 0 Å². The maximum atomic E-state index is 5.61.